The molecule has 0 spiro atoms. The van der Waals surface area contributed by atoms with E-state index in [0.717, 1.165) is 4.90 Å². The summed E-state index contributed by atoms with van der Waals surface area (Å²) >= 11 is 0. The van der Waals surface area contributed by atoms with E-state index >= 15 is 0 Å². The SMILES string of the molecule is C=CCOC(=O)c1cccc(-c2ccc(/C=C3/C(=O)N(CCO)C(=O)C(C#N)=C3C)o2)c1. The quantitative estimate of drug-likeness (QED) is 0.309. The van der Waals surface area contributed by atoms with Crippen molar-refractivity contribution in [2.45, 2.75) is 6.92 Å². The summed E-state index contributed by atoms with van der Waals surface area (Å²) in [6.45, 7) is 4.48. The summed E-state index contributed by atoms with van der Waals surface area (Å²) < 4.78 is 10.9. The second-order valence-electron chi connectivity index (χ2n) is 6.83. The zero-order valence-corrected chi connectivity index (χ0v) is 17.3. The van der Waals surface area contributed by atoms with Gasteiger partial charge in [-0.05, 0) is 42.8 Å². The van der Waals surface area contributed by atoms with E-state index in [9.17, 15) is 24.8 Å². The molecule has 0 atom stereocenters. The van der Waals surface area contributed by atoms with E-state index in [4.69, 9.17) is 9.15 Å². The molecule has 0 saturated carbocycles. The predicted molar refractivity (Wildman–Crippen MR) is 115 cm³/mol. The maximum Gasteiger partial charge on any atom is 0.338 e. The van der Waals surface area contributed by atoms with Crippen molar-refractivity contribution in [2.24, 2.45) is 0 Å². The van der Waals surface area contributed by atoms with Gasteiger partial charge in [-0.15, -0.1) is 0 Å². The zero-order chi connectivity index (χ0) is 23.3. The van der Waals surface area contributed by atoms with Gasteiger partial charge in [0.25, 0.3) is 11.8 Å². The van der Waals surface area contributed by atoms with Crippen molar-refractivity contribution in [1.29, 1.82) is 5.26 Å². The standard InChI is InChI=1S/C24H20N2O6/c1-3-11-31-24(30)17-6-4-5-16(12-17)21-8-7-18(32-21)13-19-15(2)20(14-25)23(29)26(9-10-27)22(19)28/h3-8,12-13,27H,1,9-11H2,2H3/b19-13+. The summed E-state index contributed by atoms with van der Waals surface area (Å²) in [5.41, 5.74) is 1.17. The number of esters is 1. The molecule has 0 unspecified atom stereocenters. The number of imide groups is 1. The third-order valence-electron chi connectivity index (χ3n) is 4.78. The second-order valence-corrected chi connectivity index (χ2v) is 6.83. The van der Waals surface area contributed by atoms with Gasteiger partial charge in [0.05, 0.1) is 18.7 Å². The zero-order valence-electron chi connectivity index (χ0n) is 17.3. The first-order chi connectivity index (χ1) is 15.4. The largest absolute Gasteiger partial charge is 0.458 e. The first kappa shape index (κ1) is 22.5. The van der Waals surface area contributed by atoms with E-state index in [-0.39, 0.29) is 29.9 Å². The molecular formula is C24H20N2O6. The maximum absolute atomic E-state index is 12.8. The minimum atomic E-state index is -0.735. The van der Waals surface area contributed by atoms with E-state index in [1.807, 2.05) is 6.07 Å². The number of rotatable bonds is 7. The molecule has 2 heterocycles. The Kier molecular flexibility index (Phi) is 6.83. The van der Waals surface area contributed by atoms with Gasteiger partial charge in [0.1, 0.15) is 29.8 Å². The van der Waals surface area contributed by atoms with Gasteiger partial charge in [-0.2, -0.15) is 5.26 Å². The molecule has 8 nitrogen and oxygen atoms in total. The lowest BCUT2D eigenvalue weighted by Gasteiger charge is -2.26. The van der Waals surface area contributed by atoms with E-state index in [1.54, 1.807) is 36.4 Å². The molecular weight excluding hydrogens is 412 g/mol. The van der Waals surface area contributed by atoms with Crippen LogP contribution in [-0.4, -0.2) is 47.5 Å². The van der Waals surface area contributed by atoms with E-state index in [1.165, 1.54) is 19.1 Å². The summed E-state index contributed by atoms with van der Waals surface area (Å²) in [6, 6.07) is 11.8. The van der Waals surface area contributed by atoms with Crippen LogP contribution in [0.4, 0.5) is 0 Å². The first-order valence-electron chi connectivity index (χ1n) is 9.69. The van der Waals surface area contributed by atoms with Crippen molar-refractivity contribution in [3.05, 3.63) is 77.1 Å². The molecule has 0 saturated heterocycles. The molecule has 0 bridgehead atoms. The van der Waals surface area contributed by atoms with Crippen LogP contribution in [0.15, 0.2) is 70.2 Å². The Morgan fingerprint density at radius 2 is 2.06 bits per heavy atom. The molecule has 1 aromatic carbocycles. The van der Waals surface area contributed by atoms with Crippen LogP contribution in [-0.2, 0) is 14.3 Å². The Labute approximate surface area is 184 Å². The molecule has 1 aromatic heterocycles. The molecule has 1 N–H and O–H groups in total. The average molecular weight is 432 g/mol. The smallest absolute Gasteiger partial charge is 0.338 e. The van der Waals surface area contributed by atoms with Gasteiger partial charge < -0.3 is 14.3 Å². The van der Waals surface area contributed by atoms with Crippen molar-refractivity contribution in [3.8, 4) is 17.4 Å². The van der Waals surface area contributed by atoms with Gasteiger partial charge in [-0.3, -0.25) is 14.5 Å². The average Bonchev–Trinajstić information content (AvgIpc) is 3.27. The molecule has 32 heavy (non-hydrogen) atoms. The summed E-state index contributed by atoms with van der Waals surface area (Å²) in [7, 11) is 0. The number of hydrogen-bond acceptors (Lipinski definition) is 7. The van der Waals surface area contributed by atoms with Crippen molar-refractivity contribution >= 4 is 23.9 Å². The summed E-state index contributed by atoms with van der Waals surface area (Å²) in [4.78, 5) is 38.0. The highest BCUT2D eigenvalue weighted by Crippen LogP contribution is 2.29. The third-order valence-corrected chi connectivity index (χ3v) is 4.78. The number of β-amino-alcohol motifs (C(OH)–C–C–N with tert-alkyl or cyclic N) is 1. The Morgan fingerprint density at radius 1 is 1.28 bits per heavy atom. The lowest BCUT2D eigenvalue weighted by molar-refractivity contribution is -0.141. The van der Waals surface area contributed by atoms with Gasteiger partial charge in [0.2, 0.25) is 0 Å². The monoisotopic (exact) mass is 432 g/mol. The van der Waals surface area contributed by atoms with Gasteiger partial charge in [-0.25, -0.2) is 4.79 Å². The number of nitrogens with zero attached hydrogens (tertiary/aromatic N) is 2. The molecule has 0 aliphatic carbocycles. The number of benzene rings is 1. The Balaban J connectivity index is 1.95. The Hall–Kier alpha value is -4.22. The van der Waals surface area contributed by atoms with Crippen molar-refractivity contribution < 1.29 is 28.6 Å². The summed E-state index contributed by atoms with van der Waals surface area (Å²) in [6.07, 6.45) is 2.92. The van der Waals surface area contributed by atoms with Crippen LogP contribution in [0.1, 0.15) is 23.0 Å². The highest BCUT2D eigenvalue weighted by atomic mass is 16.5. The molecule has 2 aromatic rings. The Bertz CT molecular complexity index is 1200. The number of nitriles is 1. The topological polar surface area (TPSA) is 121 Å². The molecule has 162 valence electrons. The summed E-state index contributed by atoms with van der Waals surface area (Å²) in [5, 5.41) is 18.5. The van der Waals surface area contributed by atoms with Crippen LogP contribution in [0.25, 0.3) is 17.4 Å². The minimum Gasteiger partial charge on any atom is -0.458 e. The fourth-order valence-electron chi connectivity index (χ4n) is 3.18. The second kappa shape index (κ2) is 9.73. The lowest BCUT2D eigenvalue weighted by atomic mass is 9.95. The summed E-state index contributed by atoms with van der Waals surface area (Å²) in [5.74, 6) is -1.08. The van der Waals surface area contributed by atoms with Gasteiger partial charge >= 0.3 is 5.97 Å². The van der Waals surface area contributed by atoms with Crippen LogP contribution in [0.5, 0.6) is 0 Å². The number of aliphatic hydroxyl groups is 1. The van der Waals surface area contributed by atoms with Crippen LogP contribution in [0, 0.1) is 11.3 Å². The maximum atomic E-state index is 12.8. The van der Waals surface area contributed by atoms with E-state index in [2.05, 4.69) is 6.58 Å². The number of aliphatic hydroxyl groups excluding tert-OH is 1. The molecule has 3 rings (SSSR count). The molecule has 0 radical (unpaired) electrons. The third kappa shape index (κ3) is 4.43. The fourth-order valence-corrected chi connectivity index (χ4v) is 3.18. The fraction of sp³-hybridized carbons (Fsp3) is 0.167. The number of hydrogen-bond donors (Lipinski definition) is 1. The highest BCUT2D eigenvalue weighted by Gasteiger charge is 2.35. The molecule has 0 fully saturated rings. The number of ether oxygens (including phenoxy) is 1. The number of carbonyl (C=O) groups is 3. The van der Waals surface area contributed by atoms with E-state index in [0.29, 0.717) is 22.6 Å². The van der Waals surface area contributed by atoms with Crippen LogP contribution < -0.4 is 0 Å². The van der Waals surface area contributed by atoms with Crippen molar-refractivity contribution in [3.63, 3.8) is 0 Å². The Morgan fingerprint density at radius 3 is 2.75 bits per heavy atom. The van der Waals surface area contributed by atoms with Gasteiger partial charge in [0.15, 0.2) is 0 Å². The molecule has 1 aliphatic rings. The highest BCUT2D eigenvalue weighted by molar-refractivity contribution is 6.19. The normalized spacial score (nSPS) is 15.2. The van der Waals surface area contributed by atoms with Crippen LogP contribution in [0.3, 0.4) is 0 Å². The predicted octanol–water partition coefficient (Wildman–Crippen LogP) is 2.87. The first-order valence-corrected chi connectivity index (χ1v) is 9.69. The van der Waals surface area contributed by atoms with Crippen LogP contribution >= 0.6 is 0 Å². The lowest BCUT2D eigenvalue weighted by Crippen LogP contribution is -2.44. The van der Waals surface area contributed by atoms with Crippen molar-refractivity contribution in [1.82, 2.24) is 4.90 Å². The van der Waals surface area contributed by atoms with Crippen molar-refractivity contribution in [2.75, 3.05) is 19.8 Å². The molecule has 1 aliphatic heterocycles. The van der Waals surface area contributed by atoms with Gasteiger partial charge in [0, 0.05) is 11.1 Å². The number of carbonyl (C=O) groups excluding carboxylic acids is 3. The van der Waals surface area contributed by atoms with Crippen LogP contribution in [0.2, 0.25) is 0 Å². The number of furan rings is 1. The number of amides is 2. The molecule has 2 amide bonds. The van der Waals surface area contributed by atoms with Gasteiger partial charge in [-0.1, -0.05) is 24.8 Å². The molecule has 8 heteroatoms. The minimum absolute atomic E-state index is 0.100. The van der Waals surface area contributed by atoms with E-state index < -0.39 is 24.4 Å².